The summed E-state index contributed by atoms with van der Waals surface area (Å²) in [5, 5.41) is 7.22. The molecule has 1 saturated carbocycles. The summed E-state index contributed by atoms with van der Waals surface area (Å²) in [4.78, 5) is 19.1. The van der Waals surface area contributed by atoms with Crippen molar-refractivity contribution < 1.29 is 0 Å². The number of benzene rings is 2. The van der Waals surface area contributed by atoms with Crippen LogP contribution >= 0.6 is 11.3 Å². The van der Waals surface area contributed by atoms with Crippen molar-refractivity contribution in [3.63, 3.8) is 0 Å². The zero-order valence-electron chi connectivity index (χ0n) is 21.2. The van der Waals surface area contributed by atoms with Crippen molar-refractivity contribution in [2.75, 3.05) is 0 Å². The minimum Gasteiger partial charge on any atom is -0.283 e. The second-order valence-corrected chi connectivity index (χ2v) is 10.3. The Bertz CT molecular complexity index is 1480. The first-order chi connectivity index (χ1) is 17.6. The minimum atomic E-state index is -0.130. The lowest BCUT2D eigenvalue weighted by atomic mass is 9.85. The van der Waals surface area contributed by atoms with Gasteiger partial charge in [0.15, 0.2) is 5.69 Å². The van der Waals surface area contributed by atoms with Crippen molar-refractivity contribution in [1.82, 2.24) is 14.0 Å². The van der Waals surface area contributed by atoms with Crippen LogP contribution in [0.2, 0.25) is 0 Å². The molecule has 0 bridgehead atoms. The van der Waals surface area contributed by atoms with Gasteiger partial charge in [-0.25, -0.2) is 14.4 Å². The molecule has 2 aromatic carbocycles. The van der Waals surface area contributed by atoms with E-state index in [-0.39, 0.29) is 5.56 Å². The van der Waals surface area contributed by atoms with Gasteiger partial charge < -0.3 is 0 Å². The van der Waals surface area contributed by atoms with Gasteiger partial charge in [-0.15, -0.1) is 11.3 Å². The minimum absolute atomic E-state index is 0.130. The van der Waals surface area contributed by atoms with Crippen LogP contribution < -0.4 is 10.4 Å². The Hall–Kier alpha value is -3.45. The van der Waals surface area contributed by atoms with Crippen LogP contribution in [0.25, 0.3) is 16.9 Å². The normalized spacial score (nSPS) is 16.5. The summed E-state index contributed by atoms with van der Waals surface area (Å²) in [6, 6.07) is 20.0. The summed E-state index contributed by atoms with van der Waals surface area (Å²) < 4.78 is 5.49. The number of para-hydroxylation sites is 1. The molecule has 0 spiro atoms. The number of hydrogen-bond donors (Lipinski definition) is 0. The third kappa shape index (κ3) is 4.80. The number of rotatable bonds is 6. The van der Waals surface area contributed by atoms with E-state index in [1.54, 1.807) is 4.68 Å². The lowest BCUT2D eigenvalue weighted by molar-refractivity contribution is 0.407. The van der Waals surface area contributed by atoms with Gasteiger partial charge in [0, 0.05) is 23.7 Å². The van der Waals surface area contributed by atoms with Gasteiger partial charge >= 0.3 is 0 Å². The molecule has 0 N–H and O–H groups in total. The average Bonchev–Trinajstić information content (AvgIpc) is 3.40. The van der Waals surface area contributed by atoms with E-state index in [4.69, 9.17) is 10.1 Å². The van der Waals surface area contributed by atoms with Crippen molar-refractivity contribution in [2.45, 2.75) is 52.4 Å². The molecule has 0 unspecified atom stereocenters. The molecule has 0 amide bonds. The van der Waals surface area contributed by atoms with Crippen LogP contribution in [0.4, 0.5) is 5.69 Å². The monoisotopic (exact) mass is 499 g/mol. The van der Waals surface area contributed by atoms with E-state index < -0.39 is 0 Å². The molecule has 36 heavy (non-hydrogen) atoms. The maximum atomic E-state index is 13.5. The maximum Gasteiger partial charge on any atom is 0.297 e. The molecule has 1 fully saturated rings. The van der Waals surface area contributed by atoms with E-state index in [0.29, 0.717) is 10.5 Å². The molecule has 7 heteroatoms. The summed E-state index contributed by atoms with van der Waals surface area (Å²) in [7, 11) is 1.90. The molecule has 2 aromatic heterocycles. The smallest absolute Gasteiger partial charge is 0.283 e. The Morgan fingerprint density at radius 2 is 1.67 bits per heavy atom. The molecule has 5 rings (SSSR count). The third-order valence-corrected chi connectivity index (χ3v) is 7.92. The Morgan fingerprint density at radius 1 is 1.00 bits per heavy atom. The number of aromatic nitrogens is 3. The fourth-order valence-electron chi connectivity index (χ4n) is 5.01. The van der Waals surface area contributed by atoms with E-state index in [9.17, 15) is 4.79 Å². The highest BCUT2D eigenvalue weighted by Crippen LogP contribution is 2.27. The van der Waals surface area contributed by atoms with Crippen molar-refractivity contribution in [2.24, 2.45) is 23.1 Å². The molecule has 4 aromatic rings. The van der Waals surface area contributed by atoms with Gasteiger partial charge in [-0.1, -0.05) is 68.3 Å². The summed E-state index contributed by atoms with van der Waals surface area (Å²) in [5.41, 5.74) is 5.26. The quantitative estimate of drug-likeness (QED) is 0.301. The fourth-order valence-corrected chi connectivity index (χ4v) is 5.84. The second-order valence-electron chi connectivity index (χ2n) is 9.50. The molecule has 1 aliphatic carbocycles. The van der Waals surface area contributed by atoms with Gasteiger partial charge in [0.1, 0.15) is 0 Å². The van der Waals surface area contributed by atoms with Crippen molar-refractivity contribution in [1.29, 1.82) is 0 Å². The highest BCUT2D eigenvalue weighted by molar-refractivity contribution is 7.07. The first-order valence-electron chi connectivity index (χ1n) is 12.8. The highest BCUT2D eigenvalue weighted by atomic mass is 32.1. The number of nitrogens with zero attached hydrogens (tertiary/aromatic N) is 5. The third-order valence-electron chi connectivity index (χ3n) is 7.11. The van der Waals surface area contributed by atoms with Crippen LogP contribution in [0.1, 0.15) is 51.1 Å². The lowest BCUT2D eigenvalue weighted by Gasteiger charge is -2.22. The SMILES string of the molecule is CCCC1CCC(=Nn2c(-c3ccccc3)csc2=Nc2c(C)n(C)n(-c3ccccc3)c2=O)CC1. The van der Waals surface area contributed by atoms with Crippen LogP contribution in [-0.4, -0.2) is 19.8 Å². The Morgan fingerprint density at radius 3 is 2.33 bits per heavy atom. The predicted octanol–water partition coefficient (Wildman–Crippen LogP) is 6.44. The van der Waals surface area contributed by atoms with Gasteiger partial charge in [-0.05, 0) is 50.7 Å². The van der Waals surface area contributed by atoms with Crippen molar-refractivity contribution >= 4 is 22.7 Å². The zero-order valence-corrected chi connectivity index (χ0v) is 22.0. The van der Waals surface area contributed by atoms with E-state index in [1.807, 2.05) is 71.9 Å². The molecular weight excluding hydrogens is 466 g/mol. The van der Waals surface area contributed by atoms with E-state index in [1.165, 1.54) is 42.7 Å². The Labute approximate surface area is 215 Å². The van der Waals surface area contributed by atoms with Crippen LogP contribution in [0, 0.1) is 12.8 Å². The second kappa shape index (κ2) is 10.7. The molecule has 6 nitrogen and oxygen atoms in total. The van der Waals surface area contributed by atoms with E-state index >= 15 is 0 Å². The largest absolute Gasteiger partial charge is 0.297 e. The Kier molecular flexibility index (Phi) is 7.18. The zero-order chi connectivity index (χ0) is 25.1. The summed E-state index contributed by atoms with van der Waals surface area (Å²) in [5.74, 6) is 0.808. The first-order valence-corrected chi connectivity index (χ1v) is 13.7. The van der Waals surface area contributed by atoms with Crippen LogP contribution in [0.3, 0.4) is 0 Å². The van der Waals surface area contributed by atoms with Gasteiger partial charge in [-0.2, -0.15) is 5.10 Å². The van der Waals surface area contributed by atoms with Crippen molar-refractivity contribution in [3.8, 4) is 16.9 Å². The molecule has 1 aliphatic rings. The number of thiazole rings is 1. The van der Waals surface area contributed by atoms with Gasteiger partial charge in [0.2, 0.25) is 4.80 Å². The first kappa shape index (κ1) is 24.3. The molecule has 0 atom stereocenters. The lowest BCUT2D eigenvalue weighted by Crippen LogP contribution is -2.20. The molecular formula is C29H33N5OS. The summed E-state index contributed by atoms with van der Waals surface area (Å²) in [6.45, 7) is 4.21. The van der Waals surface area contributed by atoms with Gasteiger partial charge in [0.25, 0.3) is 5.56 Å². The summed E-state index contributed by atoms with van der Waals surface area (Å²) >= 11 is 1.52. The van der Waals surface area contributed by atoms with Gasteiger partial charge in [0.05, 0.1) is 17.1 Å². The Balaban J connectivity index is 1.62. The van der Waals surface area contributed by atoms with Crippen LogP contribution in [0.5, 0.6) is 0 Å². The van der Waals surface area contributed by atoms with E-state index in [0.717, 1.165) is 41.4 Å². The topological polar surface area (TPSA) is 56.6 Å². The van der Waals surface area contributed by atoms with Crippen molar-refractivity contribution in [3.05, 3.63) is 86.9 Å². The molecule has 2 heterocycles. The number of hydrogen-bond acceptors (Lipinski definition) is 4. The fraction of sp³-hybridized carbons (Fsp3) is 0.345. The van der Waals surface area contributed by atoms with E-state index in [2.05, 4.69) is 24.4 Å². The van der Waals surface area contributed by atoms with Crippen LogP contribution in [0.15, 0.2) is 80.9 Å². The standard InChI is InChI=1S/C29H33N5OS/c1-4-11-22-16-18-24(19-17-22)31-33-26(23-12-7-5-8-13-23)20-36-29(33)30-27-21(2)32(3)34(28(27)35)25-14-9-6-10-15-25/h5-10,12-15,20,22H,4,11,16-19H2,1-3H3. The highest BCUT2D eigenvalue weighted by Gasteiger charge is 2.19. The maximum absolute atomic E-state index is 13.5. The molecule has 0 saturated heterocycles. The van der Waals surface area contributed by atoms with Crippen LogP contribution in [-0.2, 0) is 7.05 Å². The van der Waals surface area contributed by atoms with Gasteiger partial charge in [-0.3, -0.25) is 9.48 Å². The molecule has 0 radical (unpaired) electrons. The molecule has 0 aliphatic heterocycles. The average molecular weight is 500 g/mol. The predicted molar refractivity (Wildman–Crippen MR) is 148 cm³/mol. The molecule has 186 valence electrons. The summed E-state index contributed by atoms with van der Waals surface area (Å²) in [6.07, 6.45) is 6.98.